The van der Waals surface area contributed by atoms with E-state index in [0.717, 1.165) is 0 Å². The van der Waals surface area contributed by atoms with Crippen molar-refractivity contribution in [1.29, 1.82) is 0 Å². The number of aliphatic hydroxyl groups is 2. The molecule has 1 heterocycles. The average molecular weight is 282 g/mol. The predicted molar refractivity (Wildman–Crippen MR) is 69.0 cm³/mol. The number of ether oxygens (including phenoxy) is 3. The molecule has 2 N–H and O–H groups in total. The van der Waals surface area contributed by atoms with Crippen LogP contribution in [-0.2, 0) is 14.2 Å². The Kier molecular flexibility index (Phi) is 5.08. The highest BCUT2D eigenvalue weighted by Crippen LogP contribution is 2.21. The van der Waals surface area contributed by atoms with E-state index < -0.39 is 30.6 Å². The molecule has 0 amide bonds. The van der Waals surface area contributed by atoms with Gasteiger partial charge in [0.1, 0.15) is 12.7 Å². The molecular formula is C14H18O6. The van der Waals surface area contributed by atoms with Gasteiger partial charge >= 0.3 is 5.97 Å². The van der Waals surface area contributed by atoms with Crippen molar-refractivity contribution in [3.63, 3.8) is 0 Å². The van der Waals surface area contributed by atoms with Gasteiger partial charge in [-0.05, 0) is 12.1 Å². The van der Waals surface area contributed by atoms with Crippen LogP contribution in [0.15, 0.2) is 30.3 Å². The SMILES string of the molecule is CO[C@H]1O[C@H](COC(=O)c2ccccc2)C[C@H](O)[C@H]1O. The highest BCUT2D eigenvalue weighted by Gasteiger charge is 2.37. The molecule has 1 aliphatic heterocycles. The van der Waals surface area contributed by atoms with Crippen LogP contribution in [0, 0.1) is 0 Å². The van der Waals surface area contributed by atoms with Crippen LogP contribution in [0.1, 0.15) is 16.8 Å². The molecule has 110 valence electrons. The first kappa shape index (κ1) is 14.9. The van der Waals surface area contributed by atoms with E-state index in [0.29, 0.717) is 5.56 Å². The Bertz CT molecular complexity index is 435. The standard InChI is InChI=1S/C14H18O6/c1-18-14-12(16)11(15)7-10(20-14)8-19-13(17)9-5-3-2-4-6-9/h2-6,10-12,14-16H,7-8H2,1H3/t10-,11-,12+,14-/m0/s1. The lowest BCUT2D eigenvalue weighted by atomic mass is 10.0. The number of carbonyl (C=O) groups excluding carboxylic acids is 1. The molecule has 0 aliphatic carbocycles. The summed E-state index contributed by atoms with van der Waals surface area (Å²) in [7, 11) is 1.37. The van der Waals surface area contributed by atoms with Gasteiger partial charge in [0.25, 0.3) is 0 Å². The third-order valence-corrected chi connectivity index (χ3v) is 3.15. The number of benzene rings is 1. The Labute approximate surface area is 116 Å². The third kappa shape index (κ3) is 3.55. The molecular weight excluding hydrogens is 264 g/mol. The summed E-state index contributed by atoms with van der Waals surface area (Å²) in [6.07, 6.45) is -3.30. The lowest BCUT2D eigenvalue weighted by Crippen LogP contribution is -2.50. The van der Waals surface area contributed by atoms with Crippen LogP contribution in [0.4, 0.5) is 0 Å². The van der Waals surface area contributed by atoms with Crippen molar-refractivity contribution in [2.45, 2.75) is 31.0 Å². The molecule has 6 nitrogen and oxygen atoms in total. The van der Waals surface area contributed by atoms with Crippen molar-refractivity contribution >= 4 is 5.97 Å². The molecule has 4 atom stereocenters. The van der Waals surface area contributed by atoms with Gasteiger partial charge in [-0.2, -0.15) is 0 Å². The van der Waals surface area contributed by atoms with Crippen LogP contribution < -0.4 is 0 Å². The molecule has 0 saturated carbocycles. The van der Waals surface area contributed by atoms with Gasteiger partial charge in [0.15, 0.2) is 6.29 Å². The Morgan fingerprint density at radius 2 is 2.05 bits per heavy atom. The summed E-state index contributed by atoms with van der Waals surface area (Å²) in [6, 6.07) is 8.60. The lowest BCUT2D eigenvalue weighted by Gasteiger charge is -2.35. The Hall–Kier alpha value is -1.47. The summed E-state index contributed by atoms with van der Waals surface area (Å²) in [4.78, 5) is 11.8. The molecule has 0 spiro atoms. The highest BCUT2D eigenvalue weighted by atomic mass is 16.7. The fraction of sp³-hybridized carbons (Fsp3) is 0.500. The largest absolute Gasteiger partial charge is 0.459 e. The van der Waals surface area contributed by atoms with Gasteiger partial charge in [0.2, 0.25) is 0 Å². The van der Waals surface area contributed by atoms with Gasteiger partial charge < -0.3 is 24.4 Å². The van der Waals surface area contributed by atoms with Crippen LogP contribution in [0.5, 0.6) is 0 Å². The van der Waals surface area contributed by atoms with E-state index in [2.05, 4.69) is 0 Å². The lowest BCUT2D eigenvalue weighted by molar-refractivity contribution is -0.262. The zero-order valence-electron chi connectivity index (χ0n) is 11.1. The van der Waals surface area contributed by atoms with Crippen molar-refractivity contribution < 1.29 is 29.2 Å². The molecule has 0 radical (unpaired) electrons. The molecule has 1 aliphatic rings. The van der Waals surface area contributed by atoms with E-state index in [1.807, 2.05) is 6.07 Å². The summed E-state index contributed by atoms with van der Waals surface area (Å²) in [5.74, 6) is -0.455. The minimum absolute atomic E-state index is 0.00261. The van der Waals surface area contributed by atoms with E-state index in [4.69, 9.17) is 14.2 Å². The first-order valence-electron chi connectivity index (χ1n) is 6.38. The fourth-order valence-electron chi connectivity index (χ4n) is 2.04. The topological polar surface area (TPSA) is 85.2 Å². The summed E-state index contributed by atoms with van der Waals surface area (Å²) < 4.78 is 15.4. The molecule has 20 heavy (non-hydrogen) atoms. The quantitative estimate of drug-likeness (QED) is 0.774. The number of hydrogen-bond donors (Lipinski definition) is 2. The molecule has 1 fully saturated rings. The summed E-state index contributed by atoms with van der Waals surface area (Å²) in [5.41, 5.74) is 0.451. The van der Waals surface area contributed by atoms with Crippen LogP contribution in [0.2, 0.25) is 0 Å². The second-order valence-corrected chi connectivity index (χ2v) is 4.62. The fourth-order valence-corrected chi connectivity index (χ4v) is 2.04. The monoisotopic (exact) mass is 282 g/mol. The maximum atomic E-state index is 11.8. The van der Waals surface area contributed by atoms with E-state index in [1.165, 1.54) is 7.11 Å². The minimum atomic E-state index is -1.10. The zero-order chi connectivity index (χ0) is 14.5. The molecule has 6 heteroatoms. The molecule has 0 bridgehead atoms. The number of rotatable bonds is 4. The van der Waals surface area contributed by atoms with Gasteiger partial charge in [-0.1, -0.05) is 18.2 Å². The summed E-state index contributed by atoms with van der Waals surface area (Å²) in [6.45, 7) is -0.00261. The zero-order valence-corrected chi connectivity index (χ0v) is 11.1. The van der Waals surface area contributed by atoms with Gasteiger partial charge in [0, 0.05) is 13.5 Å². The number of carbonyl (C=O) groups is 1. The normalized spacial score (nSPS) is 29.9. The van der Waals surface area contributed by atoms with Crippen molar-refractivity contribution in [2.24, 2.45) is 0 Å². The molecule has 2 rings (SSSR count). The van der Waals surface area contributed by atoms with E-state index in [-0.39, 0.29) is 13.0 Å². The predicted octanol–water partition coefficient (Wildman–Crippen LogP) is 0.327. The van der Waals surface area contributed by atoms with Gasteiger partial charge in [-0.15, -0.1) is 0 Å². The van der Waals surface area contributed by atoms with Crippen molar-refractivity contribution in [2.75, 3.05) is 13.7 Å². The van der Waals surface area contributed by atoms with E-state index in [9.17, 15) is 15.0 Å². The number of aliphatic hydroxyl groups excluding tert-OH is 2. The molecule has 1 saturated heterocycles. The van der Waals surface area contributed by atoms with Crippen molar-refractivity contribution in [1.82, 2.24) is 0 Å². The van der Waals surface area contributed by atoms with E-state index >= 15 is 0 Å². The number of esters is 1. The van der Waals surface area contributed by atoms with Crippen LogP contribution >= 0.6 is 0 Å². The van der Waals surface area contributed by atoms with Gasteiger partial charge in [0.05, 0.1) is 17.8 Å². The Morgan fingerprint density at radius 3 is 2.70 bits per heavy atom. The van der Waals surface area contributed by atoms with Crippen molar-refractivity contribution in [3.8, 4) is 0 Å². The molecule has 1 aromatic carbocycles. The second-order valence-electron chi connectivity index (χ2n) is 4.62. The molecule has 1 aromatic rings. The average Bonchev–Trinajstić information content (AvgIpc) is 2.48. The Morgan fingerprint density at radius 1 is 1.35 bits per heavy atom. The van der Waals surface area contributed by atoms with Gasteiger partial charge in [-0.3, -0.25) is 0 Å². The Balaban J connectivity index is 1.86. The first-order chi connectivity index (χ1) is 9.61. The molecule has 0 aromatic heterocycles. The van der Waals surface area contributed by atoms with Crippen LogP contribution in [0.25, 0.3) is 0 Å². The first-order valence-corrected chi connectivity index (χ1v) is 6.38. The summed E-state index contributed by atoms with van der Waals surface area (Å²) >= 11 is 0. The van der Waals surface area contributed by atoms with Gasteiger partial charge in [-0.25, -0.2) is 4.79 Å². The summed E-state index contributed by atoms with van der Waals surface area (Å²) in [5, 5.41) is 19.3. The highest BCUT2D eigenvalue weighted by molar-refractivity contribution is 5.89. The third-order valence-electron chi connectivity index (χ3n) is 3.15. The maximum Gasteiger partial charge on any atom is 0.338 e. The molecule has 0 unspecified atom stereocenters. The smallest absolute Gasteiger partial charge is 0.338 e. The second kappa shape index (κ2) is 6.81. The van der Waals surface area contributed by atoms with Crippen LogP contribution in [0.3, 0.4) is 0 Å². The van der Waals surface area contributed by atoms with Crippen molar-refractivity contribution in [3.05, 3.63) is 35.9 Å². The number of hydrogen-bond acceptors (Lipinski definition) is 6. The minimum Gasteiger partial charge on any atom is -0.459 e. The van der Waals surface area contributed by atoms with E-state index in [1.54, 1.807) is 24.3 Å². The van der Waals surface area contributed by atoms with Crippen LogP contribution in [-0.4, -0.2) is 54.5 Å². The number of methoxy groups -OCH3 is 1. The maximum absolute atomic E-state index is 11.8.